The number of para-hydroxylation sites is 3. The monoisotopic (exact) mass is 553 g/mol. The van der Waals surface area contributed by atoms with Crippen LogP contribution in [0.15, 0.2) is 107 Å². The second-order valence-corrected chi connectivity index (χ2v) is 10.5. The SMILES string of the molecule is Cc1ccc(NC2=Nc3ccccc3N3C2=Nc2c(c(C)nn2-c2ccccc2)C3c2cccc([N+](=O)[O-])c2)cc1C. The largest absolute Gasteiger partial charge is 0.337 e. The zero-order valence-electron chi connectivity index (χ0n) is 23.3. The van der Waals surface area contributed by atoms with Crippen molar-refractivity contribution in [1.29, 1.82) is 0 Å². The van der Waals surface area contributed by atoms with Crippen LogP contribution in [0, 0.1) is 30.9 Å². The summed E-state index contributed by atoms with van der Waals surface area (Å²) in [5.41, 5.74) is 8.21. The maximum absolute atomic E-state index is 11.8. The Kier molecular flexibility index (Phi) is 5.93. The van der Waals surface area contributed by atoms with Gasteiger partial charge in [0.1, 0.15) is 0 Å². The normalized spacial score (nSPS) is 15.2. The fourth-order valence-corrected chi connectivity index (χ4v) is 5.63. The van der Waals surface area contributed by atoms with Crippen molar-refractivity contribution < 1.29 is 4.92 Å². The highest BCUT2D eigenvalue weighted by atomic mass is 16.6. The lowest BCUT2D eigenvalue weighted by molar-refractivity contribution is -0.384. The van der Waals surface area contributed by atoms with Crippen LogP contribution in [0.2, 0.25) is 0 Å². The summed E-state index contributed by atoms with van der Waals surface area (Å²) >= 11 is 0. The molecule has 4 aromatic carbocycles. The fraction of sp³-hybridized carbons (Fsp3) is 0.121. The summed E-state index contributed by atoms with van der Waals surface area (Å²) in [5.74, 6) is 1.85. The van der Waals surface area contributed by atoms with Crippen LogP contribution in [0.3, 0.4) is 0 Å². The van der Waals surface area contributed by atoms with Crippen molar-refractivity contribution in [2.75, 3.05) is 10.2 Å². The number of aryl methyl sites for hydroxylation is 3. The minimum atomic E-state index is -0.446. The Morgan fingerprint density at radius 2 is 1.62 bits per heavy atom. The number of rotatable bonds is 4. The molecule has 9 nitrogen and oxygen atoms in total. The number of nitrogens with one attached hydrogen (secondary N) is 1. The highest BCUT2D eigenvalue weighted by molar-refractivity contribution is 6.51. The maximum atomic E-state index is 11.8. The van der Waals surface area contributed by atoms with E-state index in [2.05, 4.69) is 36.2 Å². The number of nitro benzene ring substituents is 1. The van der Waals surface area contributed by atoms with Gasteiger partial charge in [-0.15, -0.1) is 0 Å². The molecule has 0 amide bonds. The van der Waals surface area contributed by atoms with Crippen LogP contribution in [-0.2, 0) is 0 Å². The zero-order valence-corrected chi connectivity index (χ0v) is 23.3. The average molecular weight is 554 g/mol. The third-order valence-corrected chi connectivity index (χ3v) is 7.81. The van der Waals surface area contributed by atoms with Crippen LogP contribution >= 0.6 is 0 Å². The number of aliphatic imine (C=N–C) groups is 2. The van der Waals surface area contributed by atoms with Gasteiger partial charge in [0.15, 0.2) is 17.5 Å². The maximum Gasteiger partial charge on any atom is 0.269 e. The summed E-state index contributed by atoms with van der Waals surface area (Å²) in [6.45, 7) is 6.12. The predicted octanol–water partition coefficient (Wildman–Crippen LogP) is 7.50. The van der Waals surface area contributed by atoms with E-state index >= 15 is 0 Å². The van der Waals surface area contributed by atoms with Crippen LogP contribution in [0.1, 0.15) is 34.0 Å². The Labute approximate surface area is 242 Å². The van der Waals surface area contributed by atoms with E-state index in [0.717, 1.165) is 45.1 Å². The number of fused-ring (bicyclic) bond motifs is 4. The van der Waals surface area contributed by atoms with E-state index < -0.39 is 6.04 Å². The minimum absolute atomic E-state index is 0.0265. The van der Waals surface area contributed by atoms with Gasteiger partial charge in [-0.2, -0.15) is 5.10 Å². The highest BCUT2D eigenvalue weighted by Crippen LogP contribution is 2.48. The van der Waals surface area contributed by atoms with E-state index in [4.69, 9.17) is 15.1 Å². The van der Waals surface area contributed by atoms with E-state index in [1.165, 1.54) is 11.6 Å². The first-order valence-electron chi connectivity index (χ1n) is 13.7. The molecule has 5 aromatic rings. The summed E-state index contributed by atoms with van der Waals surface area (Å²) in [6.07, 6.45) is 0. The Morgan fingerprint density at radius 3 is 2.40 bits per heavy atom. The van der Waals surface area contributed by atoms with Crippen molar-refractivity contribution in [3.63, 3.8) is 0 Å². The molecule has 1 aromatic heterocycles. The molecule has 9 heteroatoms. The third kappa shape index (κ3) is 4.14. The van der Waals surface area contributed by atoms with Crippen LogP contribution in [0.5, 0.6) is 0 Å². The summed E-state index contributed by atoms with van der Waals surface area (Å²) in [4.78, 5) is 23.9. The smallest absolute Gasteiger partial charge is 0.269 e. The van der Waals surface area contributed by atoms with E-state index in [1.54, 1.807) is 12.1 Å². The highest BCUT2D eigenvalue weighted by Gasteiger charge is 2.41. The van der Waals surface area contributed by atoms with Crippen LogP contribution in [-0.4, -0.2) is 26.4 Å². The first-order chi connectivity index (χ1) is 20.4. The van der Waals surface area contributed by atoms with E-state index in [-0.39, 0.29) is 10.6 Å². The molecule has 7 rings (SSSR count). The van der Waals surface area contributed by atoms with Crippen LogP contribution in [0.25, 0.3) is 5.69 Å². The molecule has 1 N–H and O–H groups in total. The number of hydrogen-bond donors (Lipinski definition) is 1. The summed E-state index contributed by atoms with van der Waals surface area (Å²) in [6, 6.07) is 30.3. The molecule has 206 valence electrons. The van der Waals surface area contributed by atoms with Gasteiger partial charge in [0.05, 0.1) is 33.7 Å². The number of anilines is 2. The van der Waals surface area contributed by atoms with Crippen molar-refractivity contribution in [3.8, 4) is 5.69 Å². The average Bonchev–Trinajstić information content (AvgIpc) is 3.34. The predicted molar refractivity (Wildman–Crippen MR) is 166 cm³/mol. The summed E-state index contributed by atoms with van der Waals surface area (Å²) < 4.78 is 1.84. The molecule has 0 saturated heterocycles. The number of aromatic nitrogens is 2. The molecule has 0 aliphatic carbocycles. The minimum Gasteiger partial charge on any atom is -0.337 e. The van der Waals surface area contributed by atoms with Gasteiger partial charge in [-0.05, 0) is 73.9 Å². The molecule has 1 atom stereocenters. The van der Waals surface area contributed by atoms with Crippen molar-refractivity contribution in [2.24, 2.45) is 9.98 Å². The number of nitrogens with zero attached hydrogens (tertiary/aromatic N) is 6. The lowest BCUT2D eigenvalue weighted by Gasteiger charge is -2.40. The molecule has 3 heterocycles. The summed E-state index contributed by atoms with van der Waals surface area (Å²) in [7, 11) is 0. The molecule has 0 bridgehead atoms. The Morgan fingerprint density at radius 1 is 0.833 bits per heavy atom. The summed E-state index contributed by atoms with van der Waals surface area (Å²) in [5, 5.41) is 20.3. The number of hydrogen-bond acceptors (Lipinski definition) is 7. The second kappa shape index (κ2) is 9.81. The van der Waals surface area contributed by atoms with Crippen LogP contribution in [0.4, 0.5) is 28.6 Å². The van der Waals surface area contributed by atoms with Gasteiger partial charge in [0, 0.05) is 23.4 Å². The molecular formula is C33H27N7O2. The van der Waals surface area contributed by atoms with Crippen LogP contribution < -0.4 is 10.2 Å². The van der Waals surface area contributed by atoms with E-state index in [1.807, 2.05) is 78.3 Å². The molecule has 2 aliphatic heterocycles. The Hall–Kier alpha value is -5.57. The molecule has 2 aliphatic rings. The molecule has 0 spiro atoms. The zero-order chi connectivity index (χ0) is 29.0. The van der Waals surface area contributed by atoms with Gasteiger partial charge in [-0.1, -0.05) is 48.5 Å². The molecule has 0 radical (unpaired) electrons. The third-order valence-electron chi connectivity index (χ3n) is 7.81. The van der Waals surface area contributed by atoms with Crippen molar-refractivity contribution in [1.82, 2.24) is 9.78 Å². The lowest BCUT2D eigenvalue weighted by Crippen LogP contribution is -2.46. The topological polar surface area (TPSA) is 101 Å². The van der Waals surface area contributed by atoms with Gasteiger partial charge < -0.3 is 10.2 Å². The standard InChI is InChI=1S/C33H27N7O2/c1-20-16-17-24(18-21(20)2)34-31-33-36-32-29(22(3)37-39(32)25-11-5-4-6-12-25)30(23-10-9-13-26(19-23)40(41)42)38(33)28-15-8-7-14-27(28)35-31/h4-19,30H,1-3H3,(H,34,35). The number of benzene rings is 4. The second-order valence-electron chi connectivity index (χ2n) is 10.5. The lowest BCUT2D eigenvalue weighted by atomic mass is 9.93. The first kappa shape index (κ1) is 25.4. The Balaban J connectivity index is 1.50. The number of non-ortho nitro benzene ring substituents is 1. The van der Waals surface area contributed by atoms with Gasteiger partial charge in [0.25, 0.3) is 5.69 Å². The quantitative estimate of drug-likeness (QED) is 0.183. The molecular weight excluding hydrogens is 526 g/mol. The number of nitro groups is 1. The van der Waals surface area contributed by atoms with Crippen molar-refractivity contribution in [3.05, 3.63) is 135 Å². The van der Waals surface area contributed by atoms with Crippen molar-refractivity contribution >= 4 is 40.2 Å². The van der Waals surface area contributed by atoms with Gasteiger partial charge >= 0.3 is 0 Å². The Bertz CT molecular complexity index is 1940. The molecule has 0 saturated carbocycles. The fourth-order valence-electron chi connectivity index (χ4n) is 5.63. The van der Waals surface area contributed by atoms with Gasteiger partial charge in [0.2, 0.25) is 0 Å². The molecule has 1 unspecified atom stereocenters. The van der Waals surface area contributed by atoms with Gasteiger partial charge in [-0.25, -0.2) is 14.7 Å². The molecule has 42 heavy (non-hydrogen) atoms. The van der Waals surface area contributed by atoms with E-state index in [9.17, 15) is 10.1 Å². The number of amidine groups is 2. The van der Waals surface area contributed by atoms with Gasteiger partial charge in [-0.3, -0.25) is 10.1 Å². The van der Waals surface area contributed by atoms with E-state index in [0.29, 0.717) is 17.5 Å². The first-order valence-corrected chi connectivity index (χ1v) is 13.7. The van der Waals surface area contributed by atoms with Crippen molar-refractivity contribution in [2.45, 2.75) is 26.8 Å². The molecule has 0 fully saturated rings.